The first-order valence-corrected chi connectivity index (χ1v) is 5.54. The minimum Gasteiger partial charge on any atom is -0.472 e. The minimum atomic E-state index is -0.980. The molecule has 0 aliphatic carbocycles. The van der Waals surface area contributed by atoms with Crippen LogP contribution in [0.25, 0.3) is 0 Å². The van der Waals surface area contributed by atoms with Crippen molar-refractivity contribution in [3.63, 3.8) is 0 Å². The van der Waals surface area contributed by atoms with Crippen LogP contribution < -0.4 is 0 Å². The lowest BCUT2D eigenvalue weighted by Crippen LogP contribution is -2.30. The Bertz CT molecular complexity index is 475. The van der Waals surface area contributed by atoms with Crippen molar-refractivity contribution in [3.8, 4) is 0 Å². The van der Waals surface area contributed by atoms with Gasteiger partial charge in [0.25, 0.3) is 0 Å². The summed E-state index contributed by atoms with van der Waals surface area (Å²) >= 11 is 0. The van der Waals surface area contributed by atoms with Crippen molar-refractivity contribution < 1.29 is 13.9 Å². The molecule has 2 rings (SSSR count). The third-order valence-corrected chi connectivity index (χ3v) is 2.69. The van der Waals surface area contributed by atoms with Crippen molar-refractivity contribution in [2.75, 3.05) is 0 Å². The molecule has 0 amide bonds. The number of halogens is 1. The normalized spacial score (nSPS) is 14.5. The van der Waals surface area contributed by atoms with Gasteiger partial charge in [-0.25, -0.2) is 4.39 Å². The molecule has 0 bridgehead atoms. The zero-order valence-corrected chi connectivity index (χ0v) is 9.69. The minimum absolute atomic E-state index is 0.278. The molecule has 0 aliphatic rings. The number of benzene rings is 1. The van der Waals surface area contributed by atoms with Gasteiger partial charge in [-0.2, -0.15) is 0 Å². The van der Waals surface area contributed by atoms with Crippen LogP contribution in [0.2, 0.25) is 0 Å². The number of hydrogen-bond acceptors (Lipinski definition) is 2. The molecule has 1 N–H and O–H groups in total. The van der Waals surface area contributed by atoms with E-state index >= 15 is 0 Å². The standard InChI is InChI=1S/C14H15FO2/c1-14(16,8-11-6-7-17-10-11)9-12-4-2-3-5-13(12)15/h2-7,10,16H,8-9H2,1H3. The van der Waals surface area contributed by atoms with Crippen molar-refractivity contribution in [1.29, 1.82) is 0 Å². The second-order valence-electron chi connectivity index (χ2n) is 4.57. The zero-order chi connectivity index (χ0) is 12.3. The van der Waals surface area contributed by atoms with Crippen LogP contribution in [0, 0.1) is 5.82 Å². The number of rotatable bonds is 4. The Kier molecular flexibility index (Phi) is 3.29. The lowest BCUT2D eigenvalue weighted by molar-refractivity contribution is 0.0598. The van der Waals surface area contributed by atoms with Gasteiger partial charge in [-0.05, 0) is 30.2 Å². The molecule has 1 unspecified atom stereocenters. The third-order valence-electron chi connectivity index (χ3n) is 2.69. The summed E-state index contributed by atoms with van der Waals surface area (Å²) in [4.78, 5) is 0. The summed E-state index contributed by atoms with van der Waals surface area (Å²) in [5.41, 5.74) is 0.457. The van der Waals surface area contributed by atoms with Crippen LogP contribution in [0.4, 0.5) is 4.39 Å². The van der Waals surface area contributed by atoms with Gasteiger partial charge in [0, 0.05) is 12.8 Å². The molecule has 0 radical (unpaired) electrons. The summed E-state index contributed by atoms with van der Waals surface area (Å²) in [6.45, 7) is 1.70. The fraction of sp³-hybridized carbons (Fsp3) is 0.286. The molecule has 17 heavy (non-hydrogen) atoms. The molecule has 1 aromatic heterocycles. The Hall–Kier alpha value is -1.61. The lowest BCUT2D eigenvalue weighted by atomic mass is 9.90. The summed E-state index contributed by atoms with van der Waals surface area (Å²) in [5.74, 6) is -0.278. The Labute approximate surface area is 99.7 Å². The maximum Gasteiger partial charge on any atom is 0.126 e. The lowest BCUT2D eigenvalue weighted by Gasteiger charge is -2.22. The summed E-state index contributed by atoms with van der Waals surface area (Å²) in [6.07, 6.45) is 3.88. The topological polar surface area (TPSA) is 33.4 Å². The average molecular weight is 234 g/mol. The molecule has 1 atom stereocenters. The number of hydrogen-bond donors (Lipinski definition) is 1. The van der Waals surface area contributed by atoms with Gasteiger partial charge in [0.05, 0.1) is 18.1 Å². The van der Waals surface area contributed by atoms with E-state index in [2.05, 4.69) is 0 Å². The summed E-state index contributed by atoms with van der Waals surface area (Å²) in [6, 6.07) is 8.31. The summed E-state index contributed by atoms with van der Waals surface area (Å²) in [5, 5.41) is 10.3. The van der Waals surface area contributed by atoms with Gasteiger partial charge in [-0.1, -0.05) is 18.2 Å². The van der Waals surface area contributed by atoms with E-state index in [1.807, 2.05) is 0 Å². The monoisotopic (exact) mass is 234 g/mol. The molecule has 3 heteroatoms. The first kappa shape index (κ1) is 11.9. The van der Waals surface area contributed by atoms with Crippen LogP contribution in [0.15, 0.2) is 47.3 Å². The SMILES string of the molecule is CC(O)(Cc1ccoc1)Cc1ccccc1F. The quantitative estimate of drug-likeness (QED) is 0.882. The Morgan fingerprint density at radius 1 is 1.24 bits per heavy atom. The largest absolute Gasteiger partial charge is 0.472 e. The van der Waals surface area contributed by atoms with Crippen LogP contribution in [0.5, 0.6) is 0 Å². The maximum absolute atomic E-state index is 13.5. The fourth-order valence-electron chi connectivity index (χ4n) is 1.95. The first-order chi connectivity index (χ1) is 8.07. The van der Waals surface area contributed by atoms with E-state index in [9.17, 15) is 9.50 Å². The highest BCUT2D eigenvalue weighted by atomic mass is 19.1. The Morgan fingerprint density at radius 3 is 2.65 bits per heavy atom. The second kappa shape index (κ2) is 4.72. The van der Waals surface area contributed by atoms with Gasteiger partial charge in [0.2, 0.25) is 0 Å². The van der Waals surface area contributed by atoms with Crippen molar-refractivity contribution in [2.45, 2.75) is 25.4 Å². The average Bonchev–Trinajstić information content (AvgIpc) is 2.73. The van der Waals surface area contributed by atoms with E-state index in [4.69, 9.17) is 4.42 Å². The van der Waals surface area contributed by atoms with Crippen LogP contribution >= 0.6 is 0 Å². The van der Waals surface area contributed by atoms with E-state index in [0.717, 1.165) is 5.56 Å². The highest BCUT2D eigenvalue weighted by Crippen LogP contribution is 2.20. The molecule has 1 aromatic carbocycles. The van der Waals surface area contributed by atoms with Gasteiger partial charge in [0.15, 0.2) is 0 Å². The highest BCUT2D eigenvalue weighted by molar-refractivity contribution is 5.20. The molecular weight excluding hydrogens is 219 g/mol. The van der Waals surface area contributed by atoms with Gasteiger partial charge in [-0.3, -0.25) is 0 Å². The van der Waals surface area contributed by atoms with Crippen LogP contribution in [-0.4, -0.2) is 10.7 Å². The highest BCUT2D eigenvalue weighted by Gasteiger charge is 2.23. The van der Waals surface area contributed by atoms with Crippen molar-refractivity contribution in [1.82, 2.24) is 0 Å². The smallest absolute Gasteiger partial charge is 0.126 e. The predicted octanol–water partition coefficient (Wildman–Crippen LogP) is 2.95. The molecule has 0 spiro atoms. The molecule has 2 aromatic rings. The molecule has 0 aliphatic heterocycles. The van der Waals surface area contributed by atoms with Gasteiger partial charge < -0.3 is 9.52 Å². The second-order valence-corrected chi connectivity index (χ2v) is 4.57. The summed E-state index contributed by atoms with van der Waals surface area (Å²) in [7, 11) is 0. The van der Waals surface area contributed by atoms with Crippen molar-refractivity contribution >= 4 is 0 Å². The molecule has 90 valence electrons. The Morgan fingerprint density at radius 2 is 2.00 bits per heavy atom. The number of aliphatic hydroxyl groups is 1. The van der Waals surface area contributed by atoms with Crippen LogP contribution in [0.1, 0.15) is 18.1 Å². The summed E-state index contributed by atoms with van der Waals surface area (Å²) < 4.78 is 18.4. The van der Waals surface area contributed by atoms with E-state index in [1.165, 1.54) is 6.07 Å². The number of furan rings is 1. The van der Waals surface area contributed by atoms with Crippen molar-refractivity contribution in [2.24, 2.45) is 0 Å². The van der Waals surface area contributed by atoms with E-state index < -0.39 is 5.60 Å². The molecule has 2 nitrogen and oxygen atoms in total. The van der Waals surface area contributed by atoms with E-state index in [0.29, 0.717) is 12.0 Å². The maximum atomic E-state index is 13.5. The molecular formula is C14H15FO2. The van der Waals surface area contributed by atoms with Gasteiger partial charge >= 0.3 is 0 Å². The Balaban J connectivity index is 2.09. The van der Waals surface area contributed by atoms with Gasteiger partial charge in [0.1, 0.15) is 5.82 Å². The van der Waals surface area contributed by atoms with Crippen LogP contribution in [0.3, 0.4) is 0 Å². The molecule has 0 saturated carbocycles. The molecule has 0 saturated heterocycles. The fourth-order valence-corrected chi connectivity index (χ4v) is 1.95. The molecule has 1 heterocycles. The third kappa shape index (κ3) is 3.17. The van der Waals surface area contributed by atoms with Crippen molar-refractivity contribution in [3.05, 3.63) is 59.8 Å². The van der Waals surface area contributed by atoms with E-state index in [1.54, 1.807) is 43.7 Å². The first-order valence-electron chi connectivity index (χ1n) is 5.54. The zero-order valence-electron chi connectivity index (χ0n) is 9.69. The van der Waals surface area contributed by atoms with Gasteiger partial charge in [-0.15, -0.1) is 0 Å². The van der Waals surface area contributed by atoms with E-state index in [-0.39, 0.29) is 12.2 Å². The predicted molar refractivity (Wildman–Crippen MR) is 63.1 cm³/mol. The molecule has 0 fully saturated rings. The van der Waals surface area contributed by atoms with Crippen LogP contribution in [-0.2, 0) is 12.8 Å².